The van der Waals surface area contributed by atoms with Gasteiger partial charge in [0.1, 0.15) is 27.7 Å². The summed E-state index contributed by atoms with van der Waals surface area (Å²) in [6.45, 7) is 14.8. The van der Waals surface area contributed by atoms with E-state index >= 15 is 0 Å². The first-order valence-electron chi connectivity index (χ1n) is 45.0. The van der Waals surface area contributed by atoms with Crippen molar-refractivity contribution in [2.24, 2.45) is 87.7 Å². The van der Waals surface area contributed by atoms with E-state index < -0.39 is 81.2 Å². The third kappa shape index (κ3) is 25.9. The number of amides is 5. The van der Waals surface area contributed by atoms with Gasteiger partial charge in [0.05, 0.1) is 11.6 Å². The van der Waals surface area contributed by atoms with E-state index in [0.717, 1.165) is 182 Å². The number of likely N-dealkylation sites (tertiary alicyclic amines) is 5. The van der Waals surface area contributed by atoms with Crippen LogP contribution in [0.15, 0.2) is 97.1 Å². The Balaban J connectivity index is 0.000000215. The number of nitrogens with two attached hydrogens (primary N) is 6. The Morgan fingerprint density at radius 2 is 0.744 bits per heavy atom. The molecule has 6 fully saturated rings. The summed E-state index contributed by atoms with van der Waals surface area (Å²) in [6.07, 6.45) is 19.0. The Labute approximate surface area is 741 Å². The molecule has 5 aliphatic heterocycles. The fourth-order valence-electron chi connectivity index (χ4n) is 19.5. The zero-order valence-corrected chi connectivity index (χ0v) is 74.2. The van der Waals surface area contributed by atoms with Crippen LogP contribution < -0.4 is 34.4 Å². The van der Waals surface area contributed by atoms with Gasteiger partial charge in [-0.25, -0.2) is 0 Å². The highest BCUT2D eigenvalue weighted by molar-refractivity contribution is 6.30. The normalized spacial score (nSPS) is 26.7. The molecule has 694 valence electrons. The molecule has 5 heterocycles. The van der Waals surface area contributed by atoms with Gasteiger partial charge in [0.25, 0.3) is 0 Å². The zero-order chi connectivity index (χ0) is 91.2. The van der Waals surface area contributed by atoms with E-state index in [4.69, 9.17) is 46.0 Å². The number of carboxylic acid groups (broad SMARTS) is 5. The number of alkyl halides is 3. The summed E-state index contributed by atoms with van der Waals surface area (Å²) in [5.41, 5.74) is 35.9. The number of aliphatic carboxylic acids is 5. The second-order valence-electron chi connectivity index (χ2n) is 36.4. The average Bonchev–Trinajstić information content (AvgIpc) is 1.71. The van der Waals surface area contributed by atoms with Gasteiger partial charge in [-0.3, -0.25) is 47.9 Å². The Morgan fingerprint density at radius 1 is 0.416 bits per heavy atom. The van der Waals surface area contributed by atoms with E-state index in [1.54, 1.807) is 19.6 Å². The van der Waals surface area contributed by atoms with Gasteiger partial charge in [-0.1, -0.05) is 210 Å². The molecule has 4 aromatic carbocycles. The SMILES string of the molecule is C.CCCCC1CN(C(=O)C(CC)Cc2ccccc2)CC1(N)C(=O)O.CCCCC1CN(C(=O)C(N)Cc2ccc(C(F)(F)F)cc2)CC1(N)C(=O)O.CCCCC1CN(C(=O)C2CCCC2)CC1(N)C(=O)O.CCCCC1CN(C(=O)C2CCc3cc(Cl)ccc3C2)CC1(N)C(=O)O.CCCCC1CN(C(=O)C2CCc3ccccc3C2)CC1(N)C(=O)O. The number of carboxylic acids is 5. The molecule has 0 spiro atoms. The maximum Gasteiger partial charge on any atom is 0.416 e. The minimum atomic E-state index is -4.43. The molecule has 14 unspecified atom stereocenters. The molecular weight excluding hydrogens is 1630 g/mol. The van der Waals surface area contributed by atoms with Crippen molar-refractivity contribution in [2.45, 2.75) is 269 Å². The van der Waals surface area contributed by atoms with E-state index in [-0.39, 0.29) is 130 Å². The standard InChI is InChI=1S/C20H27ClN2O3.C20H28N2O3.C20H30N2O3.C19H26F3N3O3.C15H26N2O3.CH4/c1-2-3-4-16-11-23(12-20(16,22)19(25)26)18(24)15-6-5-14-10-17(21)8-7-13(14)9-15;1-2-3-8-17-12-22(13-20(17,21)19(24)25)18(23)16-10-9-14-6-4-5-7-15(14)11-16;1-3-5-11-17-13-22(14-20(17,21)19(24)25)18(23)16(4-2)12-15-9-7-6-8-10-15;1-2-3-4-14-10-25(11-18(14,24)17(27)28)16(26)15(23)9-12-5-7-13(8-6-12)19(20,21)22;1-2-3-8-12-9-17(10-15(12,16)14(19)20)13(18)11-6-4-5-7-11;/h7-8,10,15-16H,2-6,9,11-12,22H2,1H3,(H,25,26);4-7,16-17H,2-3,8-13,21H2,1H3,(H,24,25);6-10,16-17H,3-5,11-14,21H2,1-2H3,(H,24,25);5-8,14-15H,2-4,9-11,23-24H2,1H3,(H,27,28);11-12H,2-10,16H2,1H3,(H,19,20);1H4. The lowest BCUT2D eigenvalue weighted by atomic mass is 9.83. The maximum atomic E-state index is 13.1. The Bertz CT molecular complexity index is 4220. The van der Waals surface area contributed by atoms with E-state index in [0.29, 0.717) is 51.0 Å². The van der Waals surface area contributed by atoms with E-state index in [9.17, 15) is 86.6 Å². The van der Waals surface area contributed by atoms with Crippen molar-refractivity contribution in [2.75, 3.05) is 65.4 Å². The molecule has 30 heteroatoms. The number of nitrogens with zero attached hydrogens (tertiary/aromatic N) is 5. The predicted molar refractivity (Wildman–Crippen MR) is 475 cm³/mol. The number of hydrogen-bond acceptors (Lipinski definition) is 16. The number of fused-ring (bicyclic) bond motifs is 2. The van der Waals surface area contributed by atoms with Crippen molar-refractivity contribution in [3.63, 3.8) is 0 Å². The molecule has 3 aliphatic carbocycles. The van der Waals surface area contributed by atoms with Crippen molar-refractivity contribution in [1.29, 1.82) is 0 Å². The van der Waals surface area contributed by atoms with Crippen LogP contribution in [-0.4, -0.2) is 209 Å². The van der Waals surface area contributed by atoms with Crippen LogP contribution >= 0.6 is 11.6 Å². The Hall–Kier alpha value is -8.58. The number of rotatable bonds is 30. The van der Waals surface area contributed by atoms with Gasteiger partial charge >= 0.3 is 36.0 Å². The van der Waals surface area contributed by atoms with Gasteiger partial charge in [0.15, 0.2) is 0 Å². The Kier molecular flexibility index (Phi) is 38.4. The molecule has 8 aliphatic rings. The van der Waals surface area contributed by atoms with Gasteiger partial charge in [0.2, 0.25) is 29.5 Å². The molecule has 26 nitrogen and oxygen atoms in total. The van der Waals surface area contributed by atoms with E-state index in [2.05, 4.69) is 39.8 Å². The molecule has 125 heavy (non-hydrogen) atoms. The number of carbonyl (C=O) groups is 10. The topological polar surface area (TPSA) is 444 Å². The van der Waals surface area contributed by atoms with Crippen LogP contribution in [0.2, 0.25) is 5.02 Å². The highest BCUT2D eigenvalue weighted by Gasteiger charge is 2.56. The van der Waals surface area contributed by atoms with Gasteiger partial charge in [0, 0.05) is 124 Å². The van der Waals surface area contributed by atoms with Gasteiger partial charge < -0.3 is 84.4 Å². The van der Waals surface area contributed by atoms with Crippen molar-refractivity contribution < 1.29 is 86.6 Å². The molecule has 0 bridgehead atoms. The largest absolute Gasteiger partial charge is 0.480 e. The quantitative estimate of drug-likeness (QED) is 0.0231. The molecule has 4 aromatic rings. The van der Waals surface area contributed by atoms with Crippen LogP contribution in [0.3, 0.4) is 0 Å². The molecule has 1 saturated carbocycles. The molecular formula is C95H141ClF3N11O15. The summed E-state index contributed by atoms with van der Waals surface area (Å²) >= 11 is 6.05. The van der Waals surface area contributed by atoms with Crippen LogP contribution in [0.25, 0.3) is 0 Å². The third-order valence-corrected chi connectivity index (χ3v) is 27.8. The number of benzene rings is 4. The van der Waals surface area contributed by atoms with Crippen molar-refractivity contribution in [3.05, 3.63) is 141 Å². The fourth-order valence-corrected chi connectivity index (χ4v) is 19.7. The second kappa shape index (κ2) is 46.4. The zero-order valence-electron chi connectivity index (χ0n) is 73.4. The number of halogens is 4. The first-order valence-corrected chi connectivity index (χ1v) is 45.4. The first kappa shape index (κ1) is 103. The van der Waals surface area contributed by atoms with E-state index in [1.807, 2.05) is 74.5 Å². The summed E-state index contributed by atoms with van der Waals surface area (Å²) < 4.78 is 37.9. The first-order chi connectivity index (χ1) is 58.7. The lowest BCUT2D eigenvalue weighted by Crippen LogP contribution is -2.55. The second-order valence-corrected chi connectivity index (χ2v) is 36.8. The summed E-state index contributed by atoms with van der Waals surface area (Å²) in [6, 6.07) is 27.5. The smallest absolute Gasteiger partial charge is 0.416 e. The minimum absolute atomic E-state index is 0. The molecule has 0 radical (unpaired) electrons. The molecule has 12 rings (SSSR count). The van der Waals surface area contributed by atoms with Crippen LogP contribution in [-0.2, 0) is 92.6 Å². The van der Waals surface area contributed by atoms with Gasteiger partial charge in [-0.15, -0.1) is 0 Å². The summed E-state index contributed by atoms with van der Waals surface area (Å²) in [7, 11) is 0. The number of hydrogen-bond donors (Lipinski definition) is 11. The van der Waals surface area contributed by atoms with Crippen molar-refractivity contribution >= 4 is 71.0 Å². The van der Waals surface area contributed by atoms with E-state index in [1.165, 1.54) is 33.7 Å². The predicted octanol–water partition coefficient (Wildman–Crippen LogP) is 12.0. The van der Waals surface area contributed by atoms with Gasteiger partial charge in [-0.2, -0.15) is 13.2 Å². The summed E-state index contributed by atoms with van der Waals surface area (Å²) in [5, 5.41) is 48.6. The monoisotopic (exact) mass is 1770 g/mol. The molecule has 17 N–H and O–H groups in total. The third-order valence-electron chi connectivity index (χ3n) is 27.6. The molecule has 0 aromatic heterocycles. The lowest BCUT2D eigenvalue weighted by Gasteiger charge is -2.28. The van der Waals surface area contributed by atoms with Crippen molar-refractivity contribution in [1.82, 2.24) is 24.5 Å². The maximum absolute atomic E-state index is 13.1. The molecule has 14 atom stereocenters. The summed E-state index contributed by atoms with van der Waals surface area (Å²) in [5.74, 6) is -6.51. The lowest BCUT2D eigenvalue weighted by molar-refractivity contribution is -0.146. The highest BCUT2D eigenvalue weighted by Crippen LogP contribution is 2.41. The van der Waals surface area contributed by atoms with Gasteiger partial charge in [-0.05, 0) is 160 Å². The van der Waals surface area contributed by atoms with Crippen LogP contribution in [0, 0.1) is 53.3 Å². The van der Waals surface area contributed by atoms with Crippen LogP contribution in [0.1, 0.15) is 229 Å². The minimum Gasteiger partial charge on any atom is -0.480 e. The fraction of sp³-hybridized carbons (Fsp3) is 0.642. The number of carbonyl (C=O) groups excluding carboxylic acids is 5. The van der Waals surface area contributed by atoms with Crippen molar-refractivity contribution in [3.8, 4) is 0 Å². The average molecular weight is 1770 g/mol. The van der Waals surface area contributed by atoms with Crippen LogP contribution in [0.4, 0.5) is 13.2 Å². The molecule has 5 amide bonds. The Morgan fingerprint density at radius 3 is 1.11 bits per heavy atom. The molecule has 5 saturated heterocycles. The highest BCUT2D eigenvalue weighted by atomic mass is 35.5. The number of unbranched alkanes of at least 4 members (excludes halogenated alkanes) is 5. The number of aryl methyl sites for hydroxylation is 2. The van der Waals surface area contributed by atoms with Crippen LogP contribution in [0.5, 0.6) is 0 Å². The summed E-state index contributed by atoms with van der Waals surface area (Å²) in [4.78, 5) is 131.